The summed E-state index contributed by atoms with van der Waals surface area (Å²) in [7, 11) is 0. The number of hydrogen-bond donors (Lipinski definition) is 5. The van der Waals surface area contributed by atoms with Gasteiger partial charge >= 0.3 is 0 Å². The molecule has 4 heterocycles. The number of H-pyrrole nitrogens is 2. The summed E-state index contributed by atoms with van der Waals surface area (Å²) in [5.41, 5.74) is 14.0. The summed E-state index contributed by atoms with van der Waals surface area (Å²) in [6, 6.07) is 0. The molecule has 0 atom stereocenters. The molecular formula is C11H11N11. The molecule has 0 saturated carbocycles. The third kappa shape index (κ3) is 1.91. The lowest BCUT2D eigenvalue weighted by atomic mass is 10.4. The topological polar surface area (TPSA) is 159 Å². The van der Waals surface area contributed by atoms with Crippen LogP contribution in [0.5, 0.6) is 0 Å². The molecule has 0 aliphatic rings. The molecule has 110 valence electrons. The van der Waals surface area contributed by atoms with E-state index in [4.69, 9.17) is 5.73 Å². The van der Waals surface area contributed by atoms with Crippen molar-refractivity contribution in [3.8, 4) is 0 Å². The lowest BCUT2D eigenvalue weighted by Crippen LogP contribution is -2.14. The lowest BCUT2D eigenvalue weighted by Gasteiger charge is -2.10. The summed E-state index contributed by atoms with van der Waals surface area (Å²) in [6.07, 6.45) is 3.08. The number of nitrogens with one attached hydrogen (secondary N) is 4. The van der Waals surface area contributed by atoms with E-state index in [0.717, 1.165) is 0 Å². The van der Waals surface area contributed by atoms with Crippen LogP contribution in [0.15, 0.2) is 12.7 Å². The number of rotatable bonds is 3. The second-order valence-corrected chi connectivity index (χ2v) is 4.50. The number of imidazole rings is 2. The number of hydrazine groups is 1. The van der Waals surface area contributed by atoms with Gasteiger partial charge in [0.1, 0.15) is 16.9 Å². The van der Waals surface area contributed by atoms with Crippen molar-refractivity contribution in [1.82, 2.24) is 39.9 Å². The van der Waals surface area contributed by atoms with Gasteiger partial charge in [0.15, 0.2) is 22.9 Å². The third-order valence-electron chi connectivity index (χ3n) is 3.00. The van der Waals surface area contributed by atoms with Crippen molar-refractivity contribution in [2.45, 2.75) is 6.92 Å². The zero-order valence-electron chi connectivity index (χ0n) is 11.4. The molecule has 0 spiro atoms. The average Bonchev–Trinajstić information content (AvgIpc) is 3.12. The van der Waals surface area contributed by atoms with Gasteiger partial charge in [-0.05, 0) is 6.92 Å². The second-order valence-electron chi connectivity index (χ2n) is 4.50. The number of fused-ring (bicyclic) bond motifs is 2. The number of aromatic nitrogens is 8. The van der Waals surface area contributed by atoms with Gasteiger partial charge in [-0.3, -0.25) is 10.9 Å². The second kappa shape index (κ2) is 4.51. The van der Waals surface area contributed by atoms with Crippen molar-refractivity contribution >= 4 is 39.9 Å². The largest absolute Gasteiger partial charge is 0.368 e. The molecule has 4 aromatic heterocycles. The van der Waals surface area contributed by atoms with Crippen LogP contribution in [-0.4, -0.2) is 39.9 Å². The van der Waals surface area contributed by atoms with Gasteiger partial charge in [0, 0.05) is 0 Å². The van der Waals surface area contributed by atoms with Crippen LogP contribution in [0.1, 0.15) is 5.82 Å². The van der Waals surface area contributed by atoms with Gasteiger partial charge < -0.3 is 15.7 Å². The Morgan fingerprint density at radius 1 is 0.864 bits per heavy atom. The van der Waals surface area contributed by atoms with E-state index in [0.29, 0.717) is 39.8 Å². The van der Waals surface area contributed by atoms with Gasteiger partial charge in [0.25, 0.3) is 0 Å². The zero-order chi connectivity index (χ0) is 15.1. The van der Waals surface area contributed by atoms with E-state index in [1.807, 2.05) is 0 Å². The van der Waals surface area contributed by atoms with E-state index in [1.54, 1.807) is 13.3 Å². The van der Waals surface area contributed by atoms with Crippen LogP contribution in [0.4, 0.5) is 17.6 Å². The first-order valence-electron chi connectivity index (χ1n) is 6.37. The predicted octanol–water partition coefficient (Wildman–Crippen LogP) is 0.349. The summed E-state index contributed by atoms with van der Waals surface area (Å²) in [4.78, 5) is 30.8. The average molecular weight is 297 g/mol. The Hall–Kier alpha value is -3.50. The normalized spacial score (nSPS) is 11.1. The van der Waals surface area contributed by atoms with Crippen LogP contribution >= 0.6 is 0 Å². The van der Waals surface area contributed by atoms with Crippen molar-refractivity contribution in [1.29, 1.82) is 0 Å². The molecule has 0 aliphatic heterocycles. The summed E-state index contributed by atoms with van der Waals surface area (Å²) >= 11 is 0. The molecule has 0 aromatic carbocycles. The highest BCUT2D eigenvalue weighted by molar-refractivity contribution is 5.86. The Labute approximate surface area is 122 Å². The minimum Gasteiger partial charge on any atom is -0.368 e. The zero-order valence-corrected chi connectivity index (χ0v) is 11.4. The van der Waals surface area contributed by atoms with Crippen LogP contribution in [0.25, 0.3) is 22.3 Å². The number of nitrogens with two attached hydrogens (primary N) is 1. The summed E-state index contributed by atoms with van der Waals surface area (Å²) < 4.78 is 0. The maximum atomic E-state index is 5.67. The van der Waals surface area contributed by atoms with Crippen LogP contribution in [0.3, 0.4) is 0 Å². The Balaban J connectivity index is 1.71. The molecule has 0 aliphatic carbocycles. The van der Waals surface area contributed by atoms with Gasteiger partial charge in [-0.15, -0.1) is 0 Å². The maximum Gasteiger partial charge on any atom is 0.224 e. The molecule has 22 heavy (non-hydrogen) atoms. The number of aromatic amines is 2. The first kappa shape index (κ1) is 12.3. The van der Waals surface area contributed by atoms with Gasteiger partial charge in [0.2, 0.25) is 5.95 Å². The molecule has 0 fully saturated rings. The van der Waals surface area contributed by atoms with E-state index >= 15 is 0 Å². The molecule has 0 unspecified atom stereocenters. The predicted molar refractivity (Wildman–Crippen MR) is 79.8 cm³/mol. The van der Waals surface area contributed by atoms with E-state index in [1.165, 1.54) is 6.33 Å². The van der Waals surface area contributed by atoms with Crippen LogP contribution < -0.4 is 16.6 Å². The fraction of sp³-hybridized carbons (Fsp3) is 0.0909. The number of nitrogen functional groups attached to an aromatic ring is 1. The molecule has 4 aromatic rings. The van der Waals surface area contributed by atoms with E-state index < -0.39 is 0 Å². The molecule has 0 amide bonds. The van der Waals surface area contributed by atoms with Crippen LogP contribution in [0.2, 0.25) is 0 Å². The minimum absolute atomic E-state index is 0.120. The molecule has 0 bridgehead atoms. The number of anilines is 3. The molecule has 11 nitrogen and oxygen atoms in total. The fourth-order valence-electron chi connectivity index (χ4n) is 2.09. The van der Waals surface area contributed by atoms with Crippen molar-refractivity contribution in [3.05, 3.63) is 18.5 Å². The van der Waals surface area contributed by atoms with Crippen LogP contribution in [0, 0.1) is 6.92 Å². The maximum absolute atomic E-state index is 5.67. The Morgan fingerprint density at radius 3 is 2.14 bits per heavy atom. The number of hydrogen-bond acceptors (Lipinski definition) is 9. The van der Waals surface area contributed by atoms with Gasteiger partial charge in [-0.1, -0.05) is 0 Å². The third-order valence-corrected chi connectivity index (χ3v) is 3.00. The minimum atomic E-state index is 0.120. The quantitative estimate of drug-likeness (QED) is 0.336. The van der Waals surface area contributed by atoms with E-state index in [9.17, 15) is 0 Å². The van der Waals surface area contributed by atoms with Gasteiger partial charge in [0.05, 0.1) is 12.7 Å². The monoisotopic (exact) mass is 297 g/mol. The SMILES string of the molecule is Cc1nc(NNc2nc(N)nc3nc[nH]c23)c2[nH]cnc2n1. The van der Waals surface area contributed by atoms with E-state index in [2.05, 4.69) is 50.7 Å². The summed E-state index contributed by atoms with van der Waals surface area (Å²) in [5, 5.41) is 0. The molecule has 11 heteroatoms. The number of nitrogens with zero attached hydrogens (tertiary/aromatic N) is 6. The first-order chi connectivity index (χ1) is 10.7. The highest BCUT2D eigenvalue weighted by atomic mass is 15.4. The van der Waals surface area contributed by atoms with E-state index in [-0.39, 0.29) is 5.95 Å². The van der Waals surface area contributed by atoms with Crippen molar-refractivity contribution < 1.29 is 0 Å². The molecule has 0 radical (unpaired) electrons. The molecular weight excluding hydrogens is 286 g/mol. The summed E-state index contributed by atoms with van der Waals surface area (Å²) in [6.45, 7) is 1.79. The standard InChI is InChI=1S/C11H11N11/c1-4-17-7-5(13-2-15-7)9(18-4)21-22-10-6-8(16-3-14-6)19-11(12)20-10/h2-3H,1H3,(H2,13,15,17,18,21)(H4,12,14,16,19,20,22). The summed E-state index contributed by atoms with van der Waals surface area (Å²) in [5.74, 6) is 1.72. The molecule has 6 N–H and O–H groups in total. The van der Waals surface area contributed by atoms with Crippen LogP contribution in [-0.2, 0) is 0 Å². The smallest absolute Gasteiger partial charge is 0.224 e. The highest BCUT2D eigenvalue weighted by Gasteiger charge is 2.11. The lowest BCUT2D eigenvalue weighted by molar-refractivity contribution is 1.07. The fourth-order valence-corrected chi connectivity index (χ4v) is 2.09. The van der Waals surface area contributed by atoms with Gasteiger partial charge in [-0.2, -0.15) is 9.97 Å². The van der Waals surface area contributed by atoms with Crippen molar-refractivity contribution in [2.24, 2.45) is 0 Å². The Bertz CT molecular complexity index is 889. The Morgan fingerprint density at radius 2 is 1.45 bits per heavy atom. The van der Waals surface area contributed by atoms with Crippen molar-refractivity contribution in [2.75, 3.05) is 16.6 Å². The van der Waals surface area contributed by atoms with Crippen molar-refractivity contribution in [3.63, 3.8) is 0 Å². The Kier molecular flexibility index (Phi) is 2.51. The highest BCUT2D eigenvalue weighted by Crippen LogP contribution is 2.19. The number of aryl methyl sites for hydroxylation is 1. The van der Waals surface area contributed by atoms with Gasteiger partial charge in [-0.25, -0.2) is 19.9 Å². The first-order valence-corrected chi connectivity index (χ1v) is 6.37. The molecule has 4 rings (SSSR count). The molecule has 0 saturated heterocycles.